The maximum Gasteiger partial charge on any atom is 0.325 e. The van der Waals surface area contributed by atoms with Crippen molar-refractivity contribution in [1.82, 2.24) is 20.4 Å². The Balaban J connectivity index is 1.66. The van der Waals surface area contributed by atoms with Crippen molar-refractivity contribution in [1.29, 1.82) is 0 Å². The van der Waals surface area contributed by atoms with Crippen molar-refractivity contribution in [3.8, 4) is 0 Å². The van der Waals surface area contributed by atoms with Gasteiger partial charge >= 0.3 is 6.03 Å². The molecular weight excluding hydrogens is 272 g/mol. The molecule has 1 saturated carbocycles. The van der Waals surface area contributed by atoms with Gasteiger partial charge in [0.15, 0.2) is 0 Å². The Kier molecular flexibility index (Phi) is 3.84. The van der Waals surface area contributed by atoms with Gasteiger partial charge in [-0.05, 0) is 12.8 Å². The number of carbonyl (C=O) groups excluding carboxylic acids is 3. The highest BCUT2D eigenvalue weighted by atomic mass is 16.2. The molecule has 1 spiro atoms. The lowest BCUT2D eigenvalue weighted by molar-refractivity contribution is -0.139. The SMILES string of the molecule is O=C(CN1C(=O)NC2(CCCCC2)C1=O)N1CCNCC1. The first-order valence-corrected chi connectivity index (χ1v) is 7.75. The molecule has 0 aromatic rings. The summed E-state index contributed by atoms with van der Waals surface area (Å²) in [5.41, 5.74) is -0.737. The van der Waals surface area contributed by atoms with Crippen LogP contribution < -0.4 is 10.6 Å². The second kappa shape index (κ2) is 5.63. The molecule has 3 fully saturated rings. The van der Waals surface area contributed by atoms with Crippen LogP contribution in [0.25, 0.3) is 0 Å². The number of hydrogen-bond donors (Lipinski definition) is 2. The Morgan fingerprint density at radius 1 is 1.10 bits per heavy atom. The molecule has 2 heterocycles. The van der Waals surface area contributed by atoms with Crippen molar-refractivity contribution in [3.63, 3.8) is 0 Å². The quantitative estimate of drug-likeness (QED) is 0.684. The van der Waals surface area contributed by atoms with Crippen LogP contribution in [0.2, 0.25) is 0 Å². The predicted octanol–water partition coefficient (Wildman–Crippen LogP) is -0.327. The summed E-state index contributed by atoms with van der Waals surface area (Å²) < 4.78 is 0. The van der Waals surface area contributed by atoms with E-state index in [1.807, 2.05) is 0 Å². The highest BCUT2D eigenvalue weighted by Gasteiger charge is 2.51. The summed E-state index contributed by atoms with van der Waals surface area (Å²) in [5, 5.41) is 6.01. The van der Waals surface area contributed by atoms with E-state index in [0.717, 1.165) is 37.3 Å². The first-order chi connectivity index (χ1) is 10.1. The maximum absolute atomic E-state index is 12.6. The second-order valence-electron chi connectivity index (χ2n) is 6.10. The first-order valence-electron chi connectivity index (χ1n) is 7.75. The smallest absolute Gasteiger partial charge is 0.325 e. The minimum atomic E-state index is -0.737. The van der Waals surface area contributed by atoms with Crippen molar-refractivity contribution in [2.24, 2.45) is 0 Å². The number of rotatable bonds is 2. The molecule has 3 aliphatic rings. The average molecular weight is 294 g/mol. The minimum absolute atomic E-state index is 0.133. The average Bonchev–Trinajstić information content (AvgIpc) is 2.73. The number of imide groups is 1. The number of nitrogens with one attached hydrogen (secondary N) is 2. The summed E-state index contributed by atoms with van der Waals surface area (Å²) in [5.74, 6) is -0.358. The molecule has 116 valence electrons. The number of amides is 4. The maximum atomic E-state index is 12.6. The molecule has 0 aromatic heterocycles. The Bertz CT molecular complexity index is 453. The second-order valence-corrected chi connectivity index (χ2v) is 6.10. The van der Waals surface area contributed by atoms with Gasteiger partial charge in [0, 0.05) is 26.2 Å². The van der Waals surface area contributed by atoms with Gasteiger partial charge in [-0.1, -0.05) is 19.3 Å². The van der Waals surface area contributed by atoms with Crippen LogP contribution in [0, 0.1) is 0 Å². The standard InChI is InChI=1S/C14H22N4O3/c19-11(17-8-6-15-7-9-17)10-18-12(20)14(16-13(18)21)4-2-1-3-5-14/h15H,1-10H2,(H,16,21). The highest BCUT2D eigenvalue weighted by Crippen LogP contribution is 2.33. The van der Waals surface area contributed by atoms with Crippen molar-refractivity contribution >= 4 is 17.8 Å². The summed E-state index contributed by atoms with van der Waals surface area (Å²) in [6.45, 7) is 2.65. The van der Waals surface area contributed by atoms with Crippen LogP contribution in [0.1, 0.15) is 32.1 Å². The van der Waals surface area contributed by atoms with E-state index in [1.54, 1.807) is 4.90 Å². The molecule has 2 saturated heterocycles. The van der Waals surface area contributed by atoms with E-state index in [0.29, 0.717) is 25.9 Å². The summed E-state index contributed by atoms with van der Waals surface area (Å²) in [7, 11) is 0. The zero-order chi connectivity index (χ0) is 14.9. The zero-order valence-corrected chi connectivity index (χ0v) is 12.2. The molecule has 0 atom stereocenters. The topological polar surface area (TPSA) is 81.8 Å². The molecule has 0 bridgehead atoms. The molecule has 1 aliphatic carbocycles. The van der Waals surface area contributed by atoms with Crippen molar-refractivity contribution < 1.29 is 14.4 Å². The molecule has 7 nitrogen and oxygen atoms in total. The molecule has 3 rings (SSSR count). The van der Waals surface area contributed by atoms with Crippen LogP contribution in [0.15, 0.2) is 0 Å². The van der Waals surface area contributed by atoms with Crippen LogP contribution in [-0.2, 0) is 9.59 Å². The molecule has 21 heavy (non-hydrogen) atoms. The third kappa shape index (κ3) is 2.62. The van der Waals surface area contributed by atoms with E-state index in [4.69, 9.17) is 0 Å². The summed E-state index contributed by atoms with van der Waals surface area (Å²) in [6, 6.07) is -0.412. The third-order valence-corrected chi connectivity index (χ3v) is 4.72. The van der Waals surface area contributed by atoms with Crippen LogP contribution >= 0.6 is 0 Å². The summed E-state index contributed by atoms with van der Waals surface area (Å²) >= 11 is 0. The van der Waals surface area contributed by atoms with E-state index in [-0.39, 0.29) is 18.4 Å². The third-order valence-electron chi connectivity index (χ3n) is 4.72. The highest BCUT2D eigenvalue weighted by molar-refractivity contribution is 6.09. The lowest BCUT2D eigenvalue weighted by Gasteiger charge is -2.31. The molecular formula is C14H22N4O3. The molecule has 0 radical (unpaired) electrons. The number of piperazine rings is 1. The van der Waals surface area contributed by atoms with Crippen molar-refractivity contribution in [2.75, 3.05) is 32.7 Å². The van der Waals surface area contributed by atoms with E-state index >= 15 is 0 Å². The summed E-state index contributed by atoms with van der Waals surface area (Å²) in [6.07, 6.45) is 4.38. The monoisotopic (exact) mass is 294 g/mol. The zero-order valence-electron chi connectivity index (χ0n) is 12.2. The van der Waals surface area contributed by atoms with Gasteiger partial charge in [-0.25, -0.2) is 4.79 Å². The molecule has 2 aliphatic heterocycles. The van der Waals surface area contributed by atoms with Gasteiger partial charge in [0.1, 0.15) is 12.1 Å². The van der Waals surface area contributed by atoms with Gasteiger partial charge < -0.3 is 15.5 Å². The predicted molar refractivity (Wildman–Crippen MR) is 75.5 cm³/mol. The normalized spacial score (nSPS) is 25.3. The number of urea groups is 1. The van der Waals surface area contributed by atoms with Crippen LogP contribution in [-0.4, -0.2) is 65.9 Å². The minimum Gasteiger partial charge on any atom is -0.339 e. The molecule has 2 N–H and O–H groups in total. The van der Waals surface area contributed by atoms with Crippen molar-refractivity contribution in [3.05, 3.63) is 0 Å². The Hall–Kier alpha value is -1.63. The lowest BCUT2D eigenvalue weighted by atomic mass is 9.82. The van der Waals surface area contributed by atoms with Gasteiger partial charge in [-0.15, -0.1) is 0 Å². The fraction of sp³-hybridized carbons (Fsp3) is 0.786. The van der Waals surface area contributed by atoms with Crippen molar-refractivity contribution in [2.45, 2.75) is 37.6 Å². The van der Waals surface area contributed by atoms with Crippen LogP contribution in [0.4, 0.5) is 4.79 Å². The van der Waals surface area contributed by atoms with Crippen LogP contribution in [0.3, 0.4) is 0 Å². The largest absolute Gasteiger partial charge is 0.339 e. The molecule has 7 heteroatoms. The van der Waals surface area contributed by atoms with E-state index < -0.39 is 11.6 Å². The Morgan fingerprint density at radius 2 is 1.76 bits per heavy atom. The van der Waals surface area contributed by atoms with Gasteiger partial charge in [0.2, 0.25) is 5.91 Å². The van der Waals surface area contributed by atoms with E-state index in [9.17, 15) is 14.4 Å². The van der Waals surface area contributed by atoms with Gasteiger partial charge in [0.25, 0.3) is 5.91 Å². The Morgan fingerprint density at radius 3 is 2.43 bits per heavy atom. The van der Waals surface area contributed by atoms with E-state index in [2.05, 4.69) is 10.6 Å². The lowest BCUT2D eigenvalue weighted by Crippen LogP contribution is -2.51. The van der Waals surface area contributed by atoms with Gasteiger partial charge in [0.05, 0.1) is 0 Å². The van der Waals surface area contributed by atoms with Crippen LogP contribution in [0.5, 0.6) is 0 Å². The Labute approximate surface area is 124 Å². The number of hydrogen-bond acceptors (Lipinski definition) is 4. The fourth-order valence-corrected chi connectivity index (χ4v) is 3.46. The number of carbonyl (C=O) groups is 3. The van der Waals surface area contributed by atoms with Gasteiger partial charge in [-0.2, -0.15) is 0 Å². The van der Waals surface area contributed by atoms with E-state index in [1.165, 1.54) is 0 Å². The molecule has 0 unspecified atom stereocenters. The first kappa shape index (κ1) is 14.3. The molecule has 4 amide bonds. The number of nitrogens with zero attached hydrogens (tertiary/aromatic N) is 2. The fourth-order valence-electron chi connectivity index (χ4n) is 3.46. The van der Waals surface area contributed by atoms with Gasteiger partial charge in [-0.3, -0.25) is 14.5 Å². The summed E-state index contributed by atoms with van der Waals surface area (Å²) in [4.78, 5) is 39.7. The molecule has 0 aromatic carbocycles.